The fourth-order valence-electron chi connectivity index (χ4n) is 0.920. The zero-order chi connectivity index (χ0) is 9.84. The monoisotopic (exact) mass is 201 g/mol. The van der Waals surface area contributed by atoms with Gasteiger partial charge in [-0.3, -0.25) is 4.21 Å². The van der Waals surface area contributed by atoms with E-state index in [0.29, 0.717) is 11.3 Å². The number of aromatic hydroxyl groups is 1. The molecule has 0 bridgehead atoms. The summed E-state index contributed by atoms with van der Waals surface area (Å²) in [6.07, 6.45) is 0. The third kappa shape index (κ3) is 2.71. The Labute approximate surface area is 78.4 Å². The number of hydrogen-bond donors (Lipinski definition) is 1. The number of ether oxygens (including phenoxy) is 1. The Bertz CT molecular complexity index is 324. The molecule has 0 fully saturated rings. The Hall–Kier alpha value is -1.07. The molecule has 0 aliphatic rings. The lowest BCUT2D eigenvalue weighted by molar-refractivity contribution is 0.406. The maximum atomic E-state index is 10.3. The quantitative estimate of drug-likeness (QED) is 0.734. The number of hydrogen-bond acceptors (Lipinski definition) is 4. The highest BCUT2D eigenvalue weighted by Crippen LogP contribution is 2.23. The van der Waals surface area contributed by atoms with Crippen LogP contribution in [-0.4, -0.2) is 21.0 Å². The Morgan fingerprint density at radius 2 is 2.31 bits per heavy atom. The highest BCUT2D eigenvalue weighted by molar-refractivity contribution is 7.78. The molecule has 1 N–H and O–H groups in total. The molecule has 1 aromatic carbocycles. The van der Waals surface area contributed by atoms with E-state index in [0.717, 1.165) is 0 Å². The van der Waals surface area contributed by atoms with Crippen molar-refractivity contribution < 1.29 is 18.6 Å². The van der Waals surface area contributed by atoms with Gasteiger partial charge in [-0.25, -0.2) is 0 Å². The van der Waals surface area contributed by atoms with Gasteiger partial charge in [0, 0.05) is 17.4 Å². The topological polar surface area (TPSA) is 69.6 Å². The molecule has 4 nitrogen and oxygen atoms in total. The number of rotatable bonds is 3. The third-order valence-electron chi connectivity index (χ3n) is 1.57. The third-order valence-corrected chi connectivity index (χ3v) is 2.11. The molecular weight excluding hydrogens is 192 g/mol. The van der Waals surface area contributed by atoms with Crippen molar-refractivity contribution in [3.8, 4) is 11.5 Å². The first-order chi connectivity index (χ1) is 6.13. The summed E-state index contributed by atoms with van der Waals surface area (Å²) in [6, 6.07) is 4.49. The summed E-state index contributed by atoms with van der Waals surface area (Å²) >= 11 is -2.19. The van der Waals surface area contributed by atoms with Gasteiger partial charge in [-0.1, -0.05) is 17.1 Å². The van der Waals surface area contributed by atoms with E-state index in [1.807, 2.05) is 0 Å². The highest BCUT2D eigenvalue weighted by Gasteiger charge is 2.02. The smallest absolute Gasteiger partial charge is 0.123 e. The van der Waals surface area contributed by atoms with Gasteiger partial charge in [0.25, 0.3) is 0 Å². The van der Waals surface area contributed by atoms with Crippen LogP contribution in [0.15, 0.2) is 18.2 Å². The molecule has 0 aromatic heterocycles. The fourth-order valence-corrected chi connectivity index (χ4v) is 1.42. The number of phenols is 1. The second kappa shape index (κ2) is 4.25. The summed E-state index contributed by atoms with van der Waals surface area (Å²) in [5.74, 6) is 0.247. The summed E-state index contributed by atoms with van der Waals surface area (Å²) in [5.41, 5.74) is 0.370. The van der Waals surface area contributed by atoms with E-state index in [1.54, 1.807) is 6.07 Å². The molecule has 72 valence electrons. The van der Waals surface area contributed by atoms with Gasteiger partial charge in [0.2, 0.25) is 0 Å². The Balaban J connectivity index is 2.91. The van der Waals surface area contributed by atoms with Crippen molar-refractivity contribution in [2.75, 3.05) is 7.11 Å². The minimum Gasteiger partial charge on any atom is -0.772 e. The van der Waals surface area contributed by atoms with Crippen LogP contribution in [0.3, 0.4) is 0 Å². The predicted octanol–water partition coefficient (Wildman–Crippen LogP) is 0.780. The molecule has 0 heterocycles. The van der Waals surface area contributed by atoms with Gasteiger partial charge in [0.05, 0.1) is 7.11 Å². The second-order valence-corrected chi connectivity index (χ2v) is 3.34. The van der Waals surface area contributed by atoms with Gasteiger partial charge in [-0.05, 0) is 6.07 Å². The molecular formula is C8H9O4S-. The predicted molar refractivity (Wildman–Crippen MR) is 47.3 cm³/mol. The van der Waals surface area contributed by atoms with E-state index >= 15 is 0 Å². The maximum Gasteiger partial charge on any atom is 0.123 e. The van der Waals surface area contributed by atoms with Crippen LogP contribution in [0.2, 0.25) is 0 Å². The van der Waals surface area contributed by atoms with Crippen LogP contribution in [0.4, 0.5) is 0 Å². The standard InChI is InChI=1S/C8H10O4S/c1-12-7-3-2-6(5-13(10)11)8(9)4-7/h2-4,9H,5H2,1H3,(H,10,11)/p-1. The zero-order valence-corrected chi connectivity index (χ0v) is 7.84. The lowest BCUT2D eigenvalue weighted by Crippen LogP contribution is -1.94. The van der Waals surface area contributed by atoms with Crippen LogP contribution < -0.4 is 4.74 Å². The summed E-state index contributed by atoms with van der Waals surface area (Å²) < 4.78 is 25.5. The van der Waals surface area contributed by atoms with Gasteiger partial charge in [-0.15, -0.1) is 0 Å². The highest BCUT2D eigenvalue weighted by atomic mass is 32.2. The van der Waals surface area contributed by atoms with Crippen LogP contribution in [0.1, 0.15) is 5.56 Å². The molecule has 0 saturated heterocycles. The molecule has 0 radical (unpaired) electrons. The van der Waals surface area contributed by atoms with E-state index in [4.69, 9.17) is 4.74 Å². The second-order valence-electron chi connectivity index (χ2n) is 2.44. The van der Waals surface area contributed by atoms with E-state index in [-0.39, 0.29) is 11.5 Å². The average molecular weight is 201 g/mol. The van der Waals surface area contributed by atoms with Crippen LogP contribution >= 0.6 is 0 Å². The summed E-state index contributed by atoms with van der Waals surface area (Å²) in [7, 11) is 1.47. The minimum atomic E-state index is -2.19. The molecule has 1 atom stereocenters. The fraction of sp³-hybridized carbons (Fsp3) is 0.250. The number of methoxy groups -OCH3 is 1. The van der Waals surface area contributed by atoms with Crippen molar-refractivity contribution in [1.29, 1.82) is 0 Å². The first kappa shape index (κ1) is 10.0. The molecule has 0 aliphatic carbocycles. The zero-order valence-electron chi connectivity index (χ0n) is 7.02. The van der Waals surface area contributed by atoms with Crippen molar-refractivity contribution in [2.45, 2.75) is 5.75 Å². The summed E-state index contributed by atoms with van der Waals surface area (Å²) in [5, 5.41) is 9.32. The molecule has 13 heavy (non-hydrogen) atoms. The van der Waals surface area contributed by atoms with Crippen molar-refractivity contribution in [2.24, 2.45) is 0 Å². The molecule has 5 heteroatoms. The molecule has 0 saturated carbocycles. The van der Waals surface area contributed by atoms with Gasteiger partial charge in [0.1, 0.15) is 11.5 Å². The molecule has 0 aliphatic heterocycles. The van der Waals surface area contributed by atoms with Crippen LogP contribution in [-0.2, 0) is 16.8 Å². The van der Waals surface area contributed by atoms with Crippen molar-refractivity contribution >= 4 is 11.1 Å². The van der Waals surface area contributed by atoms with Crippen molar-refractivity contribution in [1.82, 2.24) is 0 Å². The average Bonchev–Trinajstić information content (AvgIpc) is 2.08. The molecule has 1 aromatic rings. The Morgan fingerprint density at radius 3 is 2.77 bits per heavy atom. The molecule has 1 unspecified atom stereocenters. The Kier molecular flexibility index (Phi) is 3.27. The van der Waals surface area contributed by atoms with E-state index in [9.17, 15) is 13.9 Å². The van der Waals surface area contributed by atoms with Crippen molar-refractivity contribution in [3.05, 3.63) is 23.8 Å². The van der Waals surface area contributed by atoms with Gasteiger partial charge in [0.15, 0.2) is 0 Å². The normalized spacial score (nSPS) is 12.5. The summed E-state index contributed by atoms with van der Waals surface area (Å²) in [4.78, 5) is 0. The first-order valence-electron chi connectivity index (χ1n) is 3.55. The summed E-state index contributed by atoms with van der Waals surface area (Å²) in [6.45, 7) is 0. The van der Waals surface area contributed by atoms with E-state index in [1.165, 1.54) is 19.2 Å². The first-order valence-corrected chi connectivity index (χ1v) is 4.79. The van der Waals surface area contributed by atoms with Gasteiger partial charge >= 0.3 is 0 Å². The maximum absolute atomic E-state index is 10.3. The van der Waals surface area contributed by atoms with E-state index in [2.05, 4.69) is 0 Å². The molecule has 0 amide bonds. The lowest BCUT2D eigenvalue weighted by Gasteiger charge is -2.08. The lowest BCUT2D eigenvalue weighted by atomic mass is 10.2. The van der Waals surface area contributed by atoms with Crippen LogP contribution in [0.25, 0.3) is 0 Å². The van der Waals surface area contributed by atoms with Crippen molar-refractivity contribution in [3.63, 3.8) is 0 Å². The number of phenolic OH excluding ortho intramolecular Hbond substituents is 1. The molecule has 1 rings (SSSR count). The number of benzene rings is 1. The van der Waals surface area contributed by atoms with Gasteiger partial charge < -0.3 is 14.4 Å². The SMILES string of the molecule is COc1ccc(CS(=O)[O-])c(O)c1. The van der Waals surface area contributed by atoms with E-state index < -0.39 is 11.1 Å². The largest absolute Gasteiger partial charge is 0.772 e. The van der Waals surface area contributed by atoms with Crippen LogP contribution in [0, 0.1) is 0 Å². The minimum absolute atomic E-state index is 0.0662. The van der Waals surface area contributed by atoms with Gasteiger partial charge in [-0.2, -0.15) is 0 Å². The Morgan fingerprint density at radius 1 is 1.62 bits per heavy atom. The molecule has 0 spiro atoms. The van der Waals surface area contributed by atoms with Crippen LogP contribution in [0.5, 0.6) is 11.5 Å².